The third-order valence-corrected chi connectivity index (χ3v) is 3.98. The molecular formula is C17H23N5O3. The lowest BCUT2D eigenvalue weighted by Gasteiger charge is -2.27. The Labute approximate surface area is 146 Å². The minimum absolute atomic E-state index is 0.234. The van der Waals surface area contributed by atoms with Gasteiger partial charge >= 0.3 is 6.09 Å². The number of hydrogen-bond acceptors (Lipinski definition) is 7. The first-order chi connectivity index (χ1) is 11.9. The molecule has 1 fully saturated rings. The summed E-state index contributed by atoms with van der Waals surface area (Å²) in [5, 5.41) is 4.09. The molecule has 8 nitrogen and oxygen atoms in total. The Kier molecular flexibility index (Phi) is 4.69. The van der Waals surface area contributed by atoms with E-state index in [0.29, 0.717) is 18.3 Å². The number of hydrogen-bond donors (Lipinski definition) is 0. The van der Waals surface area contributed by atoms with E-state index in [9.17, 15) is 4.79 Å². The highest BCUT2D eigenvalue weighted by atomic mass is 16.6. The number of ether oxygens (including phenoxy) is 1. The zero-order valence-electron chi connectivity index (χ0n) is 15.0. The number of aromatic nitrogens is 4. The van der Waals surface area contributed by atoms with E-state index in [4.69, 9.17) is 9.26 Å². The Bertz CT molecular complexity index is 753. The van der Waals surface area contributed by atoms with Gasteiger partial charge in [0.2, 0.25) is 0 Å². The van der Waals surface area contributed by atoms with Crippen molar-refractivity contribution in [2.45, 2.75) is 58.6 Å². The summed E-state index contributed by atoms with van der Waals surface area (Å²) >= 11 is 0. The van der Waals surface area contributed by atoms with Crippen molar-refractivity contribution >= 4 is 6.09 Å². The molecule has 25 heavy (non-hydrogen) atoms. The fourth-order valence-corrected chi connectivity index (χ4v) is 2.87. The van der Waals surface area contributed by atoms with Crippen LogP contribution in [-0.4, -0.2) is 43.2 Å². The maximum absolute atomic E-state index is 12.4. The van der Waals surface area contributed by atoms with Crippen LogP contribution >= 0.6 is 0 Å². The largest absolute Gasteiger partial charge is 0.444 e. The molecule has 1 aliphatic heterocycles. The van der Waals surface area contributed by atoms with Crippen LogP contribution in [0.2, 0.25) is 0 Å². The van der Waals surface area contributed by atoms with Crippen molar-refractivity contribution in [2.75, 3.05) is 6.54 Å². The van der Waals surface area contributed by atoms with Gasteiger partial charge in [-0.2, -0.15) is 4.98 Å². The van der Waals surface area contributed by atoms with Crippen molar-refractivity contribution in [1.29, 1.82) is 0 Å². The summed E-state index contributed by atoms with van der Waals surface area (Å²) in [5.41, 5.74) is 1.04. The van der Waals surface area contributed by atoms with Crippen molar-refractivity contribution in [3.05, 3.63) is 24.0 Å². The van der Waals surface area contributed by atoms with Crippen molar-refractivity contribution in [1.82, 2.24) is 25.0 Å². The van der Waals surface area contributed by atoms with E-state index < -0.39 is 5.60 Å². The highest BCUT2D eigenvalue weighted by Gasteiger charge is 2.36. The van der Waals surface area contributed by atoms with Crippen LogP contribution in [-0.2, 0) is 11.2 Å². The third kappa shape index (κ3) is 3.78. The molecule has 0 aliphatic carbocycles. The van der Waals surface area contributed by atoms with E-state index in [1.165, 1.54) is 6.33 Å². The number of carbonyl (C=O) groups is 1. The second-order valence-corrected chi connectivity index (χ2v) is 7.03. The third-order valence-electron chi connectivity index (χ3n) is 3.98. The average molecular weight is 345 g/mol. The van der Waals surface area contributed by atoms with Gasteiger partial charge in [0.25, 0.3) is 5.89 Å². The Morgan fingerprint density at radius 2 is 2.24 bits per heavy atom. The SMILES string of the molecule is CCc1ncncc1-c1nc(C2CCCN2C(=O)OC(C)(C)C)no1. The van der Waals surface area contributed by atoms with E-state index in [0.717, 1.165) is 30.5 Å². The topological polar surface area (TPSA) is 94.2 Å². The van der Waals surface area contributed by atoms with Gasteiger partial charge in [-0.15, -0.1) is 0 Å². The summed E-state index contributed by atoms with van der Waals surface area (Å²) < 4.78 is 10.9. The highest BCUT2D eigenvalue weighted by Crippen LogP contribution is 2.33. The van der Waals surface area contributed by atoms with Crippen LogP contribution in [0.4, 0.5) is 4.79 Å². The molecule has 8 heteroatoms. The first-order valence-corrected chi connectivity index (χ1v) is 8.51. The summed E-state index contributed by atoms with van der Waals surface area (Å²) in [6.45, 7) is 8.18. The second kappa shape index (κ2) is 6.78. The molecule has 3 heterocycles. The summed E-state index contributed by atoms with van der Waals surface area (Å²) in [6, 6.07) is -0.234. The predicted octanol–water partition coefficient (Wildman–Crippen LogP) is 3.16. The molecule has 2 aromatic rings. The van der Waals surface area contributed by atoms with E-state index in [2.05, 4.69) is 20.1 Å². The molecule has 0 spiro atoms. The van der Waals surface area contributed by atoms with Gasteiger partial charge in [0.1, 0.15) is 11.9 Å². The van der Waals surface area contributed by atoms with Gasteiger partial charge in [-0.25, -0.2) is 14.8 Å². The van der Waals surface area contributed by atoms with E-state index >= 15 is 0 Å². The molecule has 0 aromatic carbocycles. The van der Waals surface area contributed by atoms with Crippen molar-refractivity contribution < 1.29 is 14.1 Å². The van der Waals surface area contributed by atoms with Crippen LogP contribution in [0.1, 0.15) is 58.1 Å². The molecule has 1 aliphatic rings. The lowest BCUT2D eigenvalue weighted by molar-refractivity contribution is 0.0217. The number of amides is 1. The summed E-state index contributed by atoms with van der Waals surface area (Å²) in [5.74, 6) is 0.868. The van der Waals surface area contributed by atoms with Crippen LogP contribution in [0.3, 0.4) is 0 Å². The minimum atomic E-state index is -0.538. The average Bonchev–Trinajstić information content (AvgIpc) is 3.22. The fourth-order valence-electron chi connectivity index (χ4n) is 2.87. The standard InChI is InChI=1S/C17H23N5O3/c1-5-12-11(9-18-10-19-12)15-20-14(21-25-15)13-7-6-8-22(13)16(23)24-17(2,3)4/h9-10,13H,5-8H2,1-4H3. The summed E-state index contributed by atoms with van der Waals surface area (Å²) in [6.07, 6.45) is 5.22. The quantitative estimate of drug-likeness (QED) is 0.843. The number of rotatable bonds is 3. The predicted molar refractivity (Wildman–Crippen MR) is 89.6 cm³/mol. The Balaban J connectivity index is 1.83. The molecule has 0 bridgehead atoms. The summed E-state index contributed by atoms with van der Waals surface area (Å²) in [7, 11) is 0. The molecule has 2 aromatic heterocycles. The van der Waals surface area contributed by atoms with Crippen molar-refractivity contribution in [3.63, 3.8) is 0 Å². The number of nitrogens with zero attached hydrogens (tertiary/aromatic N) is 5. The number of aryl methyl sites for hydroxylation is 1. The molecule has 134 valence electrons. The lowest BCUT2D eigenvalue weighted by Crippen LogP contribution is -2.36. The molecule has 1 saturated heterocycles. The molecule has 1 amide bonds. The summed E-state index contributed by atoms with van der Waals surface area (Å²) in [4.78, 5) is 26.9. The van der Waals surface area contributed by atoms with Gasteiger partial charge in [0.15, 0.2) is 5.82 Å². The first kappa shape index (κ1) is 17.3. The Hall–Kier alpha value is -2.51. The molecule has 3 rings (SSSR count). The zero-order valence-corrected chi connectivity index (χ0v) is 15.0. The minimum Gasteiger partial charge on any atom is -0.444 e. The fraction of sp³-hybridized carbons (Fsp3) is 0.588. The zero-order chi connectivity index (χ0) is 18.0. The molecule has 1 unspecified atom stereocenters. The second-order valence-electron chi connectivity index (χ2n) is 7.03. The molecule has 0 radical (unpaired) electrons. The van der Waals surface area contributed by atoms with Crippen LogP contribution in [0.25, 0.3) is 11.5 Å². The van der Waals surface area contributed by atoms with Crippen LogP contribution < -0.4 is 0 Å². The first-order valence-electron chi connectivity index (χ1n) is 8.51. The molecule has 1 atom stereocenters. The molecule has 0 saturated carbocycles. The smallest absolute Gasteiger partial charge is 0.410 e. The Morgan fingerprint density at radius 1 is 1.44 bits per heavy atom. The van der Waals surface area contributed by atoms with Gasteiger partial charge in [0.05, 0.1) is 17.3 Å². The van der Waals surface area contributed by atoms with E-state index in [1.54, 1.807) is 11.1 Å². The maximum Gasteiger partial charge on any atom is 0.410 e. The number of likely N-dealkylation sites (tertiary alicyclic amines) is 1. The van der Waals surface area contributed by atoms with Crippen LogP contribution in [0.15, 0.2) is 17.0 Å². The van der Waals surface area contributed by atoms with Crippen molar-refractivity contribution in [2.24, 2.45) is 0 Å². The van der Waals surface area contributed by atoms with E-state index in [-0.39, 0.29) is 12.1 Å². The Morgan fingerprint density at radius 3 is 2.96 bits per heavy atom. The van der Waals surface area contributed by atoms with Crippen molar-refractivity contribution in [3.8, 4) is 11.5 Å². The normalized spacial score (nSPS) is 17.8. The van der Waals surface area contributed by atoms with Gasteiger partial charge in [-0.1, -0.05) is 12.1 Å². The molecular weight excluding hydrogens is 322 g/mol. The lowest BCUT2D eigenvalue weighted by atomic mass is 10.2. The number of carbonyl (C=O) groups excluding carboxylic acids is 1. The monoisotopic (exact) mass is 345 g/mol. The van der Waals surface area contributed by atoms with Crippen LogP contribution in [0, 0.1) is 0 Å². The van der Waals surface area contributed by atoms with E-state index in [1.807, 2.05) is 27.7 Å². The van der Waals surface area contributed by atoms with Gasteiger partial charge in [-0.3, -0.25) is 4.90 Å². The molecule has 0 N–H and O–H groups in total. The maximum atomic E-state index is 12.4. The van der Waals surface area contributed by atoms with Gasteiger partial charge in [0, 0.05) is 12.7 Å². The van der Waals surface area contributed by atoms with Gasteiger partial charge in [-0.05, 0) is 40.0 Å². The van der Waals surface area contributed by atoms with Gasteiger partial charge < -0.3 is 9.26 Å². The van der Waals surface area contributed by atoms with Crippen LogP contribution in [0.5, 0.6) is 0 Å². The highest BCUT2D eigenvalue weighted by molar-refractivity contribution is 5.69.